The molecule has 0 saturated heterocycles. The molecule has 118 valence electrons. The number of nitrogens with one attached hydrogen (secondary N) is 2. The summed E-state index contributed by atoms with van der Waals surface area (Å²) in [6.45, 7) is -1.33. The Morgan fingerprint density at radius 1 is 1.23 bits per heavy atom. The zero-order chi connectivity index (χ0) is 16.0. The highest BCUT2D eigenvalue weighted by molar-refractivity contribution is 8.01. The highest BCUT2D eigenvalue weighted by atomic mass is 32.2. The predicted molar refractivity (Wildman–Crippen MR) is 79.4 cm³/mol. The number of aromatic nitrogens is 2. The fourth-order valence-electron chi connectivity index (χ4n) is 1.34. The van der Waals surface area contributed by atoms with E-state index in [0.717, 1.165) is 17.4 Å². The van der Waals surface area contributed by atoms with E-state index in [2.05, 4.69) is 15.5 Å². The maximum atomic E-state index is 11.9. The Morgan fingerprint density at radius 2 is 1.95 bits per heavy atom. The van der Waals surface area contributed by atoms with Crippen molar-refractivity contribution in [3.63, 3.8) is 0 Å². The molecule has 2 rings (SSSR count). The van der Waals surface area contributed by atoms with Crippen molar-refractivity contribution < 1.29 is 18.0 Å². The second-order valence-corrected chi connectivity index (χ2v) is 6.24. The maximum absolute atomic E-state index is 11.9. The minimum atomic E-state index is -4.41. The van der Waals surface area contributed by atoms with E-state index in [1.54, 1.807) is 5.32 Å². The van der Waals surface area contributed by atoms with Gasteiger partial charge in [0.1, 0.15) is 6.54 Å². The molecular formula is C12H11F3N4OS2. The minimum absolute atomic E-state index is 0.143. The number of carbonyl (C=O) groups is 1. The lowest BCUT2D eigenvalue weighted by Gasteiger charge is -2.07. The average molecular weight is 348 g/mol. The summed E-state index contributed by atoms with van der Waals surface area (Å²) in [5, 5.41) is 13.1. The molecule has 0 atom stereocenters. The van der Waals surface area contributed by atoms with Gasteiger partial charge in [0.05, 0.1) is 5.75 Å². The first kappa shape index (κ1) is 16.6. The Bertz CT molecular complexity index is 618. The second-order valence-electron chi connectivity index (χ2n) is 4.04. The molecule has 22 heavy (non-hydrogen) atoms. The average Bonchev–Trinajstić information content (AvgIpc) is 2.91. The fourth-order valence-corrected chi connectivity index (χ4v) is 2.94. The number of hydrogen-bond donors (Lipinski definition) is 2. The Balaban J connectivity index is 1.79. The van der Waals surface area contributed by atoms with Gasteiger partial charge in [0.2, 0.25) is 11.0 Å². The fraction of sp³-hybridized carbons (Fsp3) is 0.250. The number of benzene rings is 1. The van der Waals surface area contributed by atoms with Crippen molar-refractivity contribution in [1.82, 2.24) is 15.5 Å². The summed E-state index contributed by atoms with van der Waals surface area (Å²) in [7, 11) is 0. The van der Waals surface area contributed by atoms with Crippen molar-refractivity contribution in [2.24, 2.45) is 0 Å². The van der Waals surface area contributed by atoms with E-state index in [-0.39, 0.29) is 5.75 Å². The Morgan fingerprint density at radius 3 is 2.64 bits per heavy atom. The first-order valence-corrected chi connectivity index (χ1v) is 7.84. The first-order valence-electron chi connectivity index (χ1n) is 6.04. The molecule has 5 nitrogen and oxygen atoms in total. The number of halogens is 3. The number of carbonyl (C=O) groups excluding carboxylic acids is 1. The third-order valence-electron chi connectivity index (χ3n) is 2.24. The van der Waals surface area contributed by atoms with Crippen LogP contribution in [-0.4, -0.2) is 34.6 Å². The number of hydrogen-bond acceptors (Lipinski definition) is 6. The van der Waals surface area contributed by atoms with Crippen LogP contribution in [0.1, 0.15) is 0 Å². The number of rotatable bonds is 6. The molecule has 1 amide bonds. The van der Waals surface area contributed by atoms with Crippen LogP contribution in [0.4, 0.5) is 24.0 Å². The molecule has 2 N–H and O–H groups in total. The van der Waals surface area contributed by atoms with Crippen LogP contribution in [0.2, 0.25) is 0 Å². The van der Waals surface area contributed by atoms with Crippen molar-refractivity contribution in [3.05, 3.63) is 30.3 Å². The number of para-hydroxylation sites is 1. The van der Waals surface area contributed by atoms with E-state index in [0.29, 0.717) is 9.47 Å². The molecule has 2 aromatic rings. The van der Waals surface area contributed by atoms with Crippen LogP contribution < -0.4 is 10.6 Å². The van der Waals surface area contributed by atoms with E-state index < -0.39 is 18.6 Å². The monoisotopic (exact) mass is 348 g/mol. The van der Waals surface area contributed by atoms with E-state index >= 15 is 0 Å². The molecule has 10 heteroatoms. The van der Waals surface area contributed by atoms with Gasteiger partial charge in [-0.2, -0.15) is 13.2 Å². The zero-order valence-electron chi connectivity index (χ0n) is 11.1. The molecule has 1 aromatic carbocycles. The van der Waals surface area contributed by atoms with Gasteiger partial charge < -0.3 is 10.6 Å². The van der Waals surface area contributed by atoms with Crippen molar-refractivity contribution in [3.8, 4) is 0 Å². The van der Waals surface area contributed by atoms with Crippen LogP contribution in [-0.2, 0) is 4.79 Å². The summed E-state index contributed by atoms with van der Waals surface area (Å²) >= 11 is 2.26. The molecule has 0 saturated carbocycles. The highest BCUT2D eigenvalue weighted by Crippen LogP contribution is 2.27. The number of anilines is 2. The van der Waals surface area contributed by atoms with Gasteiger partial charge in [-0.25, -0.2) is 0 Å². The Kier molecular flexibility index (Phi) is 5.61. The van der Waals surface area contributed by atoms with E-state index in [9.17, 15) is 18.0 Å². The lowest BCUT2D eigenvalue weighted by Crippen LogP contribution is -2.34. The summed E-state index contributed by atoms with van der Waals surface area (Å²) < 4.78 is 36.3. The molecule has 0 fully saturated rings. The summed E-state index contributed by atoms with van der Waals surface area (Å²) in [4.78, 5) is 11.3. The van der Waals surface area contributed by atoms with Gasteiger partial charge in [0.25, 0.3) is 0 Å². The first-order chi connectivity index (χ1) is 10.4. The quantitative estimate of drug-likeness (QED) is 0.786. The van der Waals surface area contributed by atoms with Crippen LogP contribution in [0.25, 0.3) is 0 Å². The summed E-state index contributed by atoms with van der Waals surface area (Å²) in [6, 6.07) is 9.33. The molecule has 0 radical (unpaired) electrons. The van der Waals surface area contributed by atoms with Crippen LogP contribution >= 0.6 is 23.1 Å². The molecule has 0 spiro atoms. The number of alkyl halides is 3. The second kappa shape index (κ2) is 7.45. The van der Waals surface area contributed by atoms with Crippen molar-refractivity contribution in [1.29, 1.82) is 0 Å². The van der Waals surface area contributed by atoms with E-state index in [1.165, 1.54) is 11.3 Å². The minimum Gasteiger partial charge on any atom is -0.346 e. The van der Waals surface area contributed by atoms with Gasteiger partial charge in [-0.1, -0.05) is 41.3 Å². The predicted octanol–water partition coefficient (Wildman–Crippen LogP) is 3.05. The molecule has 0 aliphatic carbocycles. The van der Waals surface area contributed by atoms with Crippen LogP contribution in [0.15, 0.2) is 34.7 Å². The molecule has 0 aliphatic heterocycles. The van der Waals surface area contributed by atoms with Gasteiger partial charge in [-0.05, 0) is 12.1 Å². The van der Waals surface area contributed by atoms with Crippen molar-refractivity contribution in [2.75, 3.05) is 17.6 Å². The summed E-state index contributed by atoms with van der Waals surface area (Å²) in [5.41, 5.74) is 0.845. The van der Waals surface area contributed by atoms with Gasteiger partial charge in [-0.15, -0.1) is 10.2 Å². The lowest BCUT2D eigenvalue weighted by atomic mass is 10.3. The van der Waals surface area contributed by atoms with Gasteiger partial charge >= 0.3 is 6.18 Å². The Labute approximate surface area is 132 Å². The molecule has 0 unspecified atom stereocenters. The lowest BCUT2D eigenvalue weighted by molar-refractivity contribution is -0.136. The molecule has 1 aromatic heterocycles. The Hall–Kier alpha value is -1.81. The number of nitrogens with zero attached hydrogens (tertiary/aromatic N) is 2. The van der Waals surface area contributed by atoms with Crippen molar-refractivity contribution in [2.45, 2.75) is 10.5 Å². The standard InChI is InChI=1S/C12H11F3N4OS2/c13-12(14,15)7-16-9(20)6-21-11-19-18-10(22-11)17-8-4-2-1-3-5-8/h1-5H,6-7H2,(H,16,20)(H,17,18). The molecule has 1 heterocycles. The maximum Gasteiger partial charge on any atom is 0.405 e. The van der Waals surface area contributed by atoms with Gasteiger partial charge in [0.15, 0.2) is 4.34 Å². The summed E-state index contributed by atoms with van der Waals surface area (Å²) in [5.74, 6) is -0.842. The molecule has 0 aliphatic rings. The van der Waals surface area contributed by atoms with E-state index in [1.807, 2.05) is 30.3 Å². The van der Waals surface area contributed by atoms with Crippen molar-refractivity contribution >= 4 is 39.8 Å². The van der Waals surface area contributed by atoms with Gasteiger partial charge in [-0.3, -0.25) is 4.79 Å². The largest absolute Gasteiger partial charge is 0.405 e. The topological polar surface area (TPSA) is 66.9 Å². The number of thioether (sulfide) groups is 1. The third-order valence-corrected chi connectivity index (χ3v) is 4.22. The van der Waals surface area contributed by atoms with E-state index in [4.69, 9.17) is 0 Å². The normalized spacial score (nSPS) is 11.2. The number of amides is 1. The van der Waals surface area contributed by atoms with Gasteiger partial charge in [0, 0.05) is 5.69 Å². The highest BCUT2D eigenvalue weighted by Gasteiger charge is 2.27. The third kappa shape index (κ3) is 5.90. The molecule has 0 bridgehead atoms. The van der Waals surface area contributed by atoms with Crippen LogP contribution in [0, 0.1) is 0 Å². The SMILES string of the molecule is O=C(CSc1nnc(Nc2ccccc2)s1)NCC(F)(F)F. The van der Waals surface area contributed by atoms with Crippen LogP contribution in [0.5, 0.6) is 0 Å². The van der Waals surface area contributed by atoms with Crippen LogP contribution in [0.3, 0.4) is 0 Å². The smallest absolute Gasteiger partial charge is 0.346 e. The summed E-state index contributed by atoms with van der Waals surface area (Å²) in [6.07, 6.45) is -4.41. The zero-order valence-corrected chi connectivity index (χ0v) is 12.7. The molecular weight excluding hydrogens is 337 g/mol.